The number of ether oxygens (including phenoxy) is 1. The smallest absolute Gasteiger partial charge is 0.225 e. The highest BCUT2D eigenvalue weighted by molar-refractivity contribution is 9.10. The standard InChI is InChI=1S/C19H12BrFN4OS/c20-12-5-15-17(24-7-12)26-16-2-1-10(11-3-13(21)8-23-6-11)4-14(16)19(15)9-27-18(22)25-19/h1-8H,9H2,(H2,22,25)/t19-/m0/s1. The van der Waals surface area contributed by atoms with Crippen LogP contribution in [0.3, 0.4) is 0 Å². The topological polar surface area (TPSA) is 73.4 Å². The van der Waals surface area contributed by atoms with Crippen LogP contribution in [0.25, 0.3) is 11.1 Å². The van der Waals surface area contributed by atoms with Gasteiger partial charge in [0.1, 0.15) is 17.1 Å². The van der Waals surface area contributed by atoms with Crippen LogP contribution >= 0.6 is 27.7 Å². The van der Waals surface area contributed by atoms with E-state index in [0.717, 1.165) is 21.2 Å². The number of nitrogens with two attached hydrogens (primary N) is 1. The molecular weight excluding hydrogens is 431 g/mol. The lowest BCUT2D eigenvalue weighted by molar-refractivity contribution is 0.400. The molecule has 4 heterocycles. The molecule has 0 aliphatic carbocycles. The summed E-state index contributed by atoms with van der Waals surface area (Å²) in [5.74, 6) is 1.45. The summed E-state index contributed by atoms with van der Waals surface area (Å²) in [5, 5.41) is 0.520. The number of thioether (sulfide) groups is 1. The third-order valence-electron chi connectivity index (χ3n) is 4.66. The van der Waals surface area contributed by atoms with Crippen molar-refractivity contribution in [3.05, 3.63) is 70.3 Å². The lowest BCUT2D eigenvalue weighted by Gasteiger charge is -2.34. The molecule has 3 aromatic rings. The molecule has 8 heteroatoms. The van der Waals surface area contributed by atoms with Gasteiger partial charge in [-0.05, 0) is 45.8 Å². The van der Waals surface area contributed by atoms with Gasteiger partial charge < -0.3 is 10.5 Å². The molecule has 134 valence electrons. The third kappa shape index (κ3) is 2.62. The predicted octanol–water partition coefficient (Wildman–Crippen LogP) is 4.46. The molecule has 1 aromatic carbocycles. The number of aliphatic imine (C=N–C) groups is 1. The summed E-state index contributed by atoms with van der Waals surface area (Å²) in [6.45, 7) is 0. The minimum Gasteiger partial charge on any atom is -0.438 e. The average Bonchev–Trinajstić information content (AvgIpc) is 3.05. The monoisotopic (exact) mass is 442 g/mol. The van der Waals surface area contributed by atoms with Crippen LogP contribution in [0.1, 0.15) is 11.1 Å². The lowest BCUT2D eigenvalue weighted by atomic mass is 9.82. The normalized spacial score (nSPS) is 20.0. The molecule has 5 rings (SSSR count). The molecular formula is C19H12BrFN4OS. The van der Waals surface area contributed by atoms with Crippen molar-refractivity contribution < 1.29 is 9.13 Å². The minimum atomic E-state index is -0.689. The summed E-state index contributed by atoms with van der Waals surface area (Å²) in [6, 6.07) is 9.13. The van der Waals surface area contributed by atoms with Gasteiger partial charge >= 0.3 is 0 Å². The summed E-state index contributed by atoms with van der Waals surface area (Å²) < 4.78 is 20.5. The van der Waals surface area contributed by atoms with E-state index in [1.807, 2.05) is 24.3 Å². The molecule has 0 bridgehead atoms. The van der Waals surface area contributed by atoms with Gasteiger partial charge in [0.2, 0.25) is 5.88 Å². The Bertz CT molecular complexity index is 1120. The number of hydrogen-bond donors (Lipinski definition) is 1. The largest absolute Gasteiger partial charge is 0.438 e. The zero-order valence-electron chi connectivity index (χ0n) is 13.8. The number of nitrogens with zero attached hydrogens (tertiary/aromatic N) is 3. The van der Waals surface area contributed by atoms with E-state index in [1.165, 1.54) is 24.0 Å². The average molecular weight is 443 g/mol. The Hall–Kier alpha value is -2.45. The maximum absolute atomic E-state index is 13.6. The summed E-state index contributed by atoms with van der Waals surface area (Å²) in [4.78, 5) is 13.1. The van der Waals surface area contributed by atoms with Crippen molar-refractivity contribution in [3.8, 4) is 22.8 Å². The summed E-state index contributed by atoms with van der Waals surface area (Å²) in [7, 11) is 0. The molecule has 0 amide bonds. The third-order valence-corrected chi connectivity index (χ3v) is 6.05. The maximum Gasteiger partial charge on any atom is 0.225 e. The Morgan fingerprint density at radius 1 is 1.11 bits per heavy atom. The van der Waals surface area contributed by atoms with Crippen molar-refractivity contribution in [1.82, 2.24) is 9.97 Å². The highest BCUT2D eigenvalue weighted by Gasteiger charge is 2.46. The van der Waals surface area contributed by atoms with Gasteiger partial charge in [0, 0.05) is 39.3 Å². The van der Waals surface area contributed by atoms with Crippen molar-refractivity contribution in [1.29, 1.82) is 0 Å². The zero-order valence-corrected chi connectivity index (χ0v) is 16.2. The number of fused-ring (bicyclic) bond motifs is 4. The Labute approximate surface area is 167 Å². The molecule has 2 aliphatic heterocycles. The van der Waals surface area contributed by atoms with E-state index in [4.69, 9.17) is 15.5 Å². The first-order valence-electron chi connectivity index (χ1n) is 8.13. The first-order chi connectivity index (χ1) is 13.0. The van der Waals surface area contributed by atoms with Gasteiger partial charge in [0.15, 0.2) is 5.17 Å². The van der Waals surface area contributed by atoms with Crippen LogP contribution < -0.4 is 10.5 Å². The second kappa shape index (κ2) is 6.03. The molecule has 0 saturated heterocycles. The van der Waals surface area contributed by atoms with E-state index < -0.39 is 5.54 Å². The van der Waals surface area contributed by atoms with Gasteiger partial charge in [-0.3, -0.25) is 4.98 Å². The fourth-order valence-corrected chi connectivity index (χ4v) is 4.74. The predicted molar refractivity (Wildman–Crippen MR) is 107 cm³/mol. The molecule has 5 nitrogen and oxygen atoms in total. The molecule has 2 aliphatic rings. The molecule has 1 atom stereocenters. The van der Waals surface area contributed by atoms with Crippen LogP contribution in [0.15, 0.2) is 58.4 Å². The van der Waals surface area contributed by atoms with Crippen molar-refractivity contribution in [2.24, 2.45) is 10.7 Å². The maximum atomic E-state index is 13.6. The molecule has 0 fully saturated rings. The van der Waals surface area contributed by atoms with Crippen LogP contribution in [0.2, 0.25) is 0 Å². The molecule has 27 heavy (non-hydrogen) atoms. The van der Waals surface area contributed by atoms with Crippen LogP contribution in [-0.2, 0) is 5.54 Å². The molecule has 0 radical (unpaired) electrons. The molecule has 2 N–H and O–H groups in total. The summed E-state index contributed by atoms with van der Waals surface area (Å²) >= 11 is 4.98. The van der Waals surface area contributed by atoms with Gasteiger partial charge in [-0.25, -0.2) is 14.4 Å². The minimum absolute atomic E-state index is 0.381. The van der Waals surface area contributed by atoms with E-state index in [0.29, 0.717) is 28.1 Å². The molecule has 2 aromatic heterocycles. The van der Waals surface area contributed by atoms with Crippen LogP contribution in [0.4, 0.5) is 4.39 Å². The van der Waals surface area contributed by atoms with Crippen molar-refractivity contribution >= 4 is 32.9 Å². The number of hydrogen-bond acceptors (Lipinski definition) is 6. The molecule has 0 unspecified atom stereocenters. The van der Waals surface area contributed by atoms with E-state index in [-0.39, 0.29) is 5.82 Å². The van der Waals surface area contributed by atoms with Gasteiger partial charge in [-0.15, -0.1) is 0 Å². The number of amidine groups is 1. The number of benzene rings is 1. The Balaban J connectivity index is 1.75. The van der Waals surface area contributed by atoms with Gasteiger partial charge in [-0.2, -0.15) is 0 Å². The van der Waals surface area contributed by atoms with Crippen LogP contribution in [0, 0.1) is 5.82 Å². The molecule has 1 spiro atoms. The van der Waals surface area contributed by atoms with Crippen LogP contribution in [-0.4, -0.2) is 20.9 Å². The fraction of sp³-hybridized carbons (Fsp3) is 0.105. The van der Waals surface area contributed by atoms with Gasteiger partial charge in [0.05, 0.1) is 6.20 Å². The van der Waals surface area contributed by atoms with Crippen molar-refractivity contribution in [2.75, 3.05) is 5.75 Å². The van der Waals surface area contributed by atoms with E-state index in [9.17, 15) is 4.39 Å². The van der Waals surface area contributed by atoms with Crippen molar-refractivity contribution in [2.45, 2.75) is 5.54 Å². The number of pyridine rings is 2. The van der Waals surface area contributed by atoms with E-state index in [1.54, 1.807) is 12.4 Å². The van der Waals surface area contributed by atoms with E-state index in [2.05, 4.69) is 25.9 Å². The Morgan fingerprint density at radius 3 is 2.78 bits per heavy atom. The van der Waals surface area contributed by atoms with Gasteiger partial charge in [-0.1, -0.05) is 17.8 Å². The first kappa shape index (κ1) is 16.7. The summed E-state index contributed by atoms with van der Waals surface area (Å²) in [5.41, 5.74) is 8.61. The number of aromatic nitrogens is 2. The second-order valence-corrected chi connectivity index (χ2v) is 8.22. The van der Waals surface area contributed by atoms with E-state index >= 15 is 0 Å². The molecule has 0 saturated carbocycles. The Morgan fingerprint density at radius 2 is 2.00 bits per heavy atom. The lowest BCUT2D eigenvalue weighted by Crippen LogP contribution is -2.30. The quantitative estimate of drug-likeness (QED) is 0.602. The first-order valence-corrected chi connectivity index (χ1v) is 9.90. The zero-order chi connectivity index (χ0) is 18.6. The number of rotatable bonds is 1. The Kier molecular flexibility index (Phi) is 3.73. The number of halogens is 2. The highest BCUT2D eigenvalue weighted by atomic mass is 79.9. The SMILES string of the molecule is NC1=N[C@@]2(CS1)c1cc(-c3cncc(F)c3)ccc1Oc1ncc(Br)cc12. The van der Waals surface area contributed by atoms with Crippen LogP contribution in [0.5, 0.6) is 11.6 Å². The van der Waals surface area contributed by atoms with Gasteiger partial charge in [0.25, 0.3) is 0 Å². The fourth-order valence-electron chi connectivity index (χ4n) is 3.45. The highest BCUT2D eigenvalue weighted by Crippen LogP contribution is 2.53. The van der Waals surface area contributed by atoms with Crippen molar-refractivity contribution in [3.63, 3.8) is 0 Å². The summed E-state index contributed by atoms with van der Waals surface area (Å²) in [6.07, 6.45) is 4.51. The second-order valence-electron chi connectivity index (χ2n) is 6.31.